The van der Waals surface area contributed by atoms with E-state index in [4.69, 9.17) is 27.9 Å². The van der Waals surface area contributed by atoms with Crippen molar-refractivity contribution in [3.8, 4) is 11.8 Å². The first kappa shape index (κ1) is 21.3. The van der Waals surface area contributed by atoms with Gasteiger partial charge in [-0.25, -0.2) is 4.79 Å². The molecule has 0 aliphatic carbocycles. The largest absolute Gasteiger partial charge is 0.456 e. The van der Waals surface area contributed by atoms with E-state index in [1.54, 1.807) is 43.3 Å². The number of ether oxygens (including phenoxy) is 1. The van der Waals surface area contributed by atoms with Crippen LogP contribution in [-0.4, -0.2) is 16.7 Å². The Morgan fingerprint density at radius 3 is 2.15 bits per heavy atom. The topological polar surface area (TPSA) is 46.5 Å². The van der Waals surface area contributed by atoms with Gasteiger partial charge in [0.1, 0.15) is 11.2 Å². The minimum atomic E-state index is -1.42. The monoisotopic (exact) mass is 404 g/mol. The van der Waals surface area contributed by atoms with Gasteiger partial charge in [-0.05, 0) is 82.1 Å². The number of hydrogen-bond acceptors (Lipinski definition) is 3. The molecule has 0 spiro atoms. The summed E-state index contributed by atoms with van der Waals surface area (Å²) in [5.74, 6) is 5.40. The van der Waals surface area contributed by atoms with Crippen LogP contribution in [0.15, 0.2) is 36.4 Å². The van der Waals surface area contributed by atoms with E-state index in [0.29, 0.717) is 26.7 Å². The zero-order chi connectivity index (χ0) is 20.4. The predicted molar refractivity (Wildman–Crippen MR) is 109 cm³/mol. The molecule has 0 radical (unpaired) electrons. The smallest absolute Gasteiger partial charge is 0.338 e. The number of rotatable bonds is 2. The number of hydrogen-bond donors (Lipinski definition) is 1. The van der Waals surface area contributed by atoms with Gasteiger partial charge in [-0.3, -0.25) is 0 Å². The highest BCUT2D eigenvalue weighted by atomic mass is 35.5. The molecule has 0 aliphatic heterocycles. The molecule has 27 heavy (non-hydrogen) atoms. The van der Waals surface area contributed by atoms with Gasteiger partial charge < -0.3 is 9.84 Å². The number of halogens is 2. The molecule has 0 saturated heterocycles. The average molecular weight is 405 g/mol. The third kappa shape index (κ3) is 6.01. The standard InChI is InChI=1S/C22H22Cl2O3/c1-14-10-15(6-7-19(14)20(25)27-21(2,3)4)8-9-22(5,26)16-11-17(23)13-18(24)12-16/h6-7,10-13,26H,1-5H3/t22-/m1/s1. The lowest BCUT2D eigenvalue weighted by Gasteiger charge is -2.20. The summed E-state index contributed by atoms with van der Waals surface area (Å²) in [4.78, 5) is 12.2. The summed E-state index contributed by atoms with van der Waals surface area (Å²) in [7, 11) is 0. The lowest BCUT2D eigenvalue weighted by atomic mass is 9.96. The van der Waals surface area contributed by atoms with E-state index in [9.17, 15) is 9.90 Å². The van der Waals surface area contributed by atoms with Gasteiger partial charge in [0, 0.05) is 15.6 Å². The molecule has 5 heteroatoms. The second kappa shape index (κ2) is 7.94. The summed E-state index contributed by atoms with van der Waals surface area (Å²) >= 11 is 12.0. The fraction of sp³-hybridized carbons (Fsp3) is 0.318. The van der Waals surface area contributed by atoms with Gasteiger partial charge in [-0.2, -0.15) is 0 Å². The first-order valence-corrected chi connectivity index (χ1v) is 9.19. The molecule has 2 aromatic carbocycles. The molecule has 0 saturated carbocycles. The van der Waals surface area contributed by atoms with Crippen molar-refractivity contribution in [2.24, 2.45) is 0 Å². The fourth-order valence-corrected chi connectivity index (χ4v) is 2.93. The van der Waals surface area contributed by atoms with E-state index < -0.39 is 11.2 Å². The van der Waals surface area contributed by atoms with Crippen LogP contribution >= 0.6 is 23.2 Å². The van der Waals surface area contributed by atoms with Crippen molar-refractivity contribution < 1.29 is 14.6 Å². The average Bonchev–Trinajstić information content (AvgIpc) is 2.50. The Morgan fingerprint density at radius 2 is 1.63 bits per heavy atom. The van der Waals surface area contributed by atoms with E-state index in [-0.39, 0.29) is 5.97 Å². The van der Waals surface area contributed by atoms with Crippen LogP contribution in [0.5, 0.6) is 0 Å². The Hall–Kier alpha value is -1.99. The van der Waals surface area contributed by atoms with E-state index in [1.807, 2.05) is 27.7 Å². The van der Waals surface area contributed by atoms with Gasteiger partial charge in [0.2, 0.25) is 0 Å². The van der Waals surface area contributed by atoms with Crippen molar-refractivity contribution in [1.82, 2.24) is 0 Å². The normalized spacial score (nSPS) is 13.3. The van der Waals surface area contributed by atoms with Crippen molar-refractivity contribution in [2.45, 2.75) is 45.8 Å². The molecule has 1 N–H and O–H groups in total. The van der Waals surface area contributed by atoms with Crippen molar-refractivity contribution in [3.63, 3.8) is 0 Å². The second-order valence-electron chi connectivity index (χ2n) is 7.51. The van der Waals surface area contributed by atoms with E-state index >= 15 is 0 Å². The summed E-state index contributed by atoms with van der Waals surface area (Å²) in [6, 6.07) is 10.0. The van der Waals surface area contributed by atoms with Gasteiger partial charge in [-0.1, -0.05) is 35.0 Å². The maximum absolute atomic E-state index is 12.2. The molecule has 3 nitrogen and oxygen atoms in total. The van der Waals surface area contributed by atoms with Crippen molar-refractivity contribution in [1.29, 1.82) is 0 Å². The Balaban J connectivity index is 2.28. The Labute approximate surface area is 170 Å². The quantitative estimate of drug-likeness (QED) is 0.529. The number of aryl methyl sites for hydroxylation is 1. The van der Waals surface area contributed by atoms with Crippen LogP contribution in [0.4, 0.5) is 0 Å². The van der Waals surface area contributed by atoms with Gasteiger partial charge in [-0.15, -0.1) is 0 Å². The van der Waals surface area contributed by atoms with Gasteiger partial charge in [0.25, 0.3) is 0 Å². The van der Waals surface area contributed by atoms with Gasteiger partial charge in [0.05, 0.1) is 5.56 Å². The summed E-state index contributed by atoms with van der Waals surface area (Å²) < 4.78 is 5.40. The molecule has 0 fully saturated rings. The number of benzene rings is 2. The molecular formula is C22H22Cl2O3. The third-order valence-corrected chi connectivity index (χ3v) is 4.16. The maximum Gasteiger partial charge on any atom is 0.338 e. The molecule has 0 aliphatic rings. The lowest BCUT2D eigenvalue weighted by Crippen LogP contribution is -2.24. The molecule has 1 atom stereocenters. The molecular weight excluding hydrogens is 383 g/mol. The van der Waals surface area contributed by atoms with Gasteiger partial charge in [0.15, 0.2) is 0 Å². The van der Waals surface area contributed by atoms with Crippen LogP contribution < -0.4 is 0 Å². The van der Waals surface area contributed by atoms with Crippen LogP contribution in [0.3, 0.4) is 0 Å². The van der Waals surface area contributed by atoms with Crippen LogP contribution in [0, 0.1) is 18.8 Å². The highest BCUT2D eigenvalue weighted by Gasteiger charge is 2.22. The summed E-state index contributed by atoms with van der Waals surface area (Å²) in [5.41, 5.74) is 0.443. The first-order valence-electron chi connectivity index (χ1n) is 8.43. The highest BCUT2D eigenvalue weighted by Crippen LogP contribution is 2.27. The van der Waals surface area contributed by atoms with Crippen LogP contribution in [0.1, 0.15) is 54.7 Å². The zero-order valence-corrected chi connectivity index (χ0v) is 17.5. The maximum atomic E-state index is 12.2. The third-order valence-electron chi connectivity index (χ3n) is 3.72. The molecule has 0 heterocycles. The number of esters is 1. The number of carbonyl (C=O) groups is 1. The Kier molecular flexibility index (Phi) is 6.27. The van der Waals surface area contributed by atoms with E-state index in [2.05, 4.69) is 11.8 Å². The lowest BCUT2D eigenvalue weighted by molar-refractivity contribution is 0.00687. The van der Waals surface area contributed by atoms with Crippen molar-refractivity contribution >= 4 is 29.2 Å². The van der Waals surface area contributed by atoms with Crippen molar-refractivity contribution in [2.75, 3.05) is 0 Å². The second-order valence-corrected chi connectivity index (χ2v) is 8.38. The van der Waals surface area contributed by atoms with Crippen LogP contribution in [0.25, 0.3) is 0 Å². The predicted octanol–water partition coefficient (Wildman–Crippen LogP) is 5.52. The summed E-state index contributed by atoms with van der Waals surface area (Å²) in [6.07, 6.45) is 0. The number of carbonyl (C=O) groups excluding carboxylic acids is 1. The summed E-state index contributed by atoms with van der Waals surface area (Å²) in [5, 5.41) is 11.5. The van der Waals surface area contributed by atoms with Crippen molar-refractivity contribution in [3.05, 3.63) is 68.7 Å². The van der Waals surface area contributed by atoms with Crippen LogP contribution in [-0.2, 0) is 10.3 Å². The van der Waals surface area contributed by atoms with Gasteiger partial charge >= 0.3 is 5.97 Å². The molecule has 0 bridgehead atoms. The Morgan fingerprint density at radius 1 is 1.04 bits per heavy atom. The zero-order valence-electron chi connectivity index (χ0n) is 16.0. The summed E-state index contributed by atoms with van der Waals surface area (Å²) in [6.45, 7) is 8.86. The minimum Gasteiger partial charge on any atom is -0.456 e. The van der Waals surface area contributed by atoms with E-state index in [0.717, 1.165) is 5.56 Å². The minimum absolute atomic E-state index is 0.375. The fourth-order valence-electron chi connectivity index (χ4n) is 2.40. The molecule has 0 amide bonds. The van der Waals surface area contributed by atoms with E-state index in [1.165, 1.54) is 0 Å². The highest BCUT2D eigenvalue weighted by molar-refractivity contribution is 6.34. The molecule has 0 unspecified atom stereocenters. The SMILES string of the molecule is Cc1cc(C#C[C@@](C)(O)c2cc(Cl)cc(Cl)c2)ccc1C(=O)OC(C)(C)C. The molecule has 2 aromatic rings. The number of aliphatic hydroxyl groups is 1. The molecule has 2 rings (SSSR count). The Bertz CT molecular complexity index is 909. The van der Waals surface area contributed by atoms with Crippen LogP contribution in [0.2, 0.25) is 10.0 Å². The first-order chi connectivity index (χ1) is 12.4. The molecule has 142 valence electrons. The molecule has 0 aromatic heterocycles.